The molecular formula is C14H11BrF2N2O2. The number of halogens is 3. The van der Waals surface area contributed by atoms with Crippen molar-refractivity contribution in [2.45, 2.75) is 6.92 Å². The number of nitrogens with one attached hydrogen (secondary N) is 1. The minimum Gasteiger partial charge on any atom is -0.478 e. The number of carboxylic acid groups (broad SMARTS) is 1. The molecule has 0 radical (unpaired) electrons. The summed E-state index contributed by atoms with van der Waals surface area (Å²) >= 11 is 3.06. The molecule has 0 fully saturated rings. The van der Waals surface area contributed by atoms with Crippen LogP contribution in [0.4, 0.5) is 25.8 Å². The van der Waals surface area contributed by atoms with Crippen molar-refractivity contribution in [2.75, 3.05) is 11.1 Å². The third-order valence-electron chi connectivity index (χ3n) is 2.94. The van der Waals surface area contributed by atoms with Crippen LogP contribution in [0.1, 0.15) is 15.9 Å². The topological polar surface area (TPSA) is 75.3 Å². The summed E-state index contributed by atoms with van der Waals surface area (Å²) in [6, 6.07) is 5.05. The predicted octanol–water partition coefficient (Wildman–Crippen LogP) is 4.06. The number of benzene rings is 2. The molecule has 2 aromatic rings. The van der Waals surface area contributed by atoms with Gasteiger partial charge in [0.1, 0.15) is 17.2 Å². The summed E-state index contributed by atoms with van der Waals surface area (Å²) in [5, 5.41) is 11.9. The van der Waals surface area contributed by atoms with E-state index < -0.39 is 28.9 Å². The Hall–Kier alpha value is -2.15. The monoisotopic (exact) mass is 356 g/mol. The van der Waals surface area contributed by atoms with Crippen molar-refractivity contribution in [3.63, 3.8) is 0 Å². The number of anilines is 3. The van der Waals surface area contributed by atoms with Gasteiger partial charge in [0.15, 0.2) is 0 Å². The number of carbonyl (C=O) groups is 1. The van der Waals surface area contributed by atoms with Crippen molar-refractivity contribution < 1.29 is 18.7 Å². The summed E-state index contributed by atoms with van der Waals surface area (Å²) in [4.78, 5) is 11.2. The lowest BCUT2D eigenvalue weighted by Crippen LogP contribution is -2.09. The van der Waals surface area contributed by atoms with Crippen LogP contribution in [0.2, 0.25) is 0 Å². The van der Waals surface area contributed by atoms with Crippen LogP contribution in [0.25, 0.3) is 0 Å². The van der Waals surface area contributed by atoms with Crippen molar-refractivity contribution >= 4 is 39.0 Å². The molecule has 2 rings (SSSR count). The Balaban J connectivity index is 2.52. The maximum absolute atomic E-state index is 13.6. The maximum Gasteiger partial charge on any atom is 0.340 e. The maximum atomic E-state index is 13.6. The van der Waals surface area contributed by atoms with Crippen LogP contribution in [-0.4, -0.2) is 11.1 Å². The molecule has 7 heteroatoms. The first-order valence-electron chi connectivity index (χ1n) is 5.85. The normalized spacial score (nSPS) is 10.5. The second-order valence-electron chi connectivity index (χ2n) is 4.40. The van der Waals surface area contributed by atoms with E-state index in [4.69, 9.17) is 10.8 Å². The molecule has 0 saturated carbocycles. The molecule has 2 aromatic carbocycles. The van der Waals surface area contributed by atoms with Gasteiger partial charge in [0.2, 0.25) is 0 Å². The Bertz CT molecular complexity index is 735. The minimum atomic E-state index is -1.37. The molecule has 21 heavy (non-hydrogen) atoms. The first-order chi connectivity index (χ1) is 9.81. The smallest absolute Gasteiger partial charge is 0.340 e. The molecule has 0 aliphatic heterocycles. The van der Waals surface area contributed by atoms with Crippen LogP contribution in [-0.2, 0) is 0 Å². The van der Waals surface area contributed by atoms with Gasteiger partial charge in [-0.05, 0) is 52.7 Å². The lowest BCUT2D eigenvalue weighted by molar-refractivity contribution is 0.0698. The van der Waals surface area contributed by atoms with E-state index in [-0.39, 0.29) is 5.69 Å². The fraction of sp³-hybridized carbons (Fsp3) is 0.0714. The van der Waals surface area contributed by atoms with Crippen molar-refractivity contribution in [3.8, 4) is 0 Å². The van der Waals surface area contributed by atoms with Gasteiger partial charge in [0, 0.05) is 5.69 Å². The molecule has 4 N–H and O–H groups in total. The van der Waals surface area contributed by atoms with Crippen molar-refractivity contribution in [1.29, 1.82) is 0 Å². The first kappa shape index (κ1) is 15.2. The molecule has 4 nitrogen and oxygen atoms in total. The van der Waals surface area contributed by atoms with E-state index in [0.29, 0.717) is 15.7 Å². The molecule has 0 aromatic heterocycles. The number of rotatable bonds is 3. The van der Waals surface area contributed by atoms with Crippen molar-refractivity contribution in [1.82, 2.24) is 0 Å². The van der Waals surface area contributed by atoms with E-state index in [2.05, 4.69) is 21.2 Å². The molecule has 0 aliphatic rings. The Morgan fingerprint density at radius 3 is 2.52 bits per heavy atom. The van der Waals surface area contributed by atoms with Gasteiger partial charge in [-0.25, -0.2) is 13.6 Å². The average molecular weight is 357 g/mol. The number of nitrogen functional groups attached to an aromatic ring is 1. The van der Waals surface area contributed by atoms with E-state index >= 15 is 0 Å². The zero-order chi connectivity index (χ0) is 15.7. The standard InChI is InChI=1S/C14H11BrF2N2O2/c1-6-4-7(15)9(17)5-11(6)19-10-3-2-8(16)13(18)12(10)14(20)21/h2-5,19H,18H2,1H3,(H,20,21). The average Bonchev–Trinajstić information content (AvgIpc) is 2.40. The molecule has 0 amide bonds. The van der Waals surface area contributed by atoms with Gasteiger partial charge in [-0.3, -0.25) is 0 Å². The lowest BCUT2D eigenvalue weighted by atomic mass is 10.1. The number of hydrogen-bond acceptors (Lipinski definition) is 3. The highest BCUT2D eigenvalue weighted by Gasteiger charge is 2.18. The van der Waals surface area contributed by atoms with E-state index in [1.54, 1.807) is 13.0 Å². The highest BCUT2D eigenvalue weighted by molar-refractivity contribution is 9.10. The number of hydrogen-bond donors (Lipinski definition) is 3. The van der Waals surface area contributed by atoms with Crippen LogP contribution >= 0.6 is 15.9 Å². The molecule has 0 aliphatic carbocycles. The van der Waals surface area contributed by atoms with Gasteiger partial charge in [0.25, 0.3) is 0 Å². The van der Waals surface area contributed by atoms with E-state index in [0.717, 1.165) is 6.07 Å². The van der Waals surface area contributed by atoms with Gasteiger partial charge in [-0.2, -0.15) is 0 Å². The SMILES string of the molecule is Cc1cc(Br)c(F)cc1Nc1ccc(F)c(N)c1C(=O)O. The summed E-state index contributed by atoms with van der Waals surface area (Å²) in [6.07, 6.45) is 0. The Morgan fingerprint density at radius 2 is 1.90 bits per heavy atom. The Kier molecular flexibility index (Phi) is 4.13. The van der Waals surface area contributed by atoms with Crippen LogP contribution in [0.15, 0.2) is 28.7 Å². The second kappa shape index (κ2) is 5.69. The van der Waals surface area contributed by atoms with Gasteiger partial charge >= 0.3 is 5.97 Å². The zero-order valence-corrected chi connectivity index (χ0v) is 12.5. The van der Waals surface area contributed by atoms with Crippen LogP contribution < -0.4 is 11.1 Å². The molecule has 0 atom stereocenters. The number of nitrogens with two attached hydrogens (primary N) is 1. The quantitative estimate of drug-likeness (QED) is 0.725. The highest BCUT2D eigenvalue weighted by atomic mass is 79.9. The Morgan fingerprint density at radius 1 is 1.24 bits per heavy atom. The predicted molar refractivity (Wildman–Crippen MR) is 79.9 cm³/mol. The second-order valence-corrected chi connectivity index (χ2v) is 5.25. The highest BCUT2D eigenvalue weighted by Crippen LogP contribution is 2.31. The molecule has 0 bridgehead atoms. The van der Waals surface area contributed by atoms with Gasteiger partial charge in [-0.1, -0.05) is 0 Å². The summed E-state index contributed by atoms with van der Waals surface area (Å²) in [5.41, 5.74) is 5.73. The van der Waals surface area contributed by atoms with Crippen LogP contribution in [0.3, 0.4) is 0 Å². The third-order valence-corrected chi connectivity index (χ3v) is 3.55. The Labute approximate surface area is 127 Å². The number of carboxylic acids is 1. The first-order valence-corrected chi connectivity index (χ1v) is 6.64. The van der Waals surface area contributed by atoms with Gasteiger partial charge < -0.3 is 16.2 Å². The van der Waals surface area contributed by atoms with Crippen molar-refractivity contribution in [3.05, 3.63) is 51.5 Å². The van der Waals surface area contributed by atoms with Gasteiger partial charge in [-0.15, -0.1) is 0 Å². The van der Waals surface area contributed by atoms with Crippen LogP contribution in [0, 0.1) is 18.6 Å². The number of aromatic carboxylic acids is 1. The van der Waals surface area contributed by atoms with Crippen molar-refractivity contribution in [2.24, 2.45) is 0 Å². The summed E-state index contributed by atoms with van der Waals surface area (Å²) in [6.45, 7) is 1.72. The molecule has 0 heterocycles. The zero-order valence-electron chi connectivity index (χ0n) is 10.9. The lowest BCUT2D eigenvalue weighted by Gasteiger charge is -2.14. The third kappa shape index (κ3) is 2.97. The summed E-state index contributed by atoms with van der Waals surface area (Å²) in [5.74, 6) is -2.70. The van der Waals surface area contributed by atoms with Gasteiger partial charge in [0.05, 0.1) is 15.8 Å². The summed E-state index contributed by atoms with van der Waals surface area (Å²) in [7, 11) is 0. The fourth-order valence-electron chi connectivity index (χ4n) is 1.85. The number of aryl methyl sites for hydroxylation is 1. The largest absolute Gasteiger partial charge is 0.478 e. The van der Waals surface area contributed by atoms with E-state index in [1.165, 1.54) is 12.1 Å². The molecule has 0 unspecified atom stereocenters. The molecule has 110 valence electrons. The summed E-state index contributed by atoms with van der Waals surface area (Å²) < 4.78 is 27.2. The molecular weight excluding hydrogens is 346 g/mol. The van der Waals surface area contributed by atoms with Crippen LogP contribution in [0.5, 0.6) is 0 Å². The van der Waals surface area contributed by atoms with E-state index in [9.17, 15) is 13.6 Å². The minimum absolute atomic E-state index is 0.0891. The molecule has 0 saturated heterocycles. The van der Waals surface area contributed by atoms with E-state index in [1.807, 2.05) is 0 Å². The molecule has 0 spiro atoms. The fourth-order valence-corrected chi connectivity index (χ4v) is 2.31.